The number of aliphatic hydroxyl groups is 3. The summed E-state index contributed by atoms with van der Waals surface area (Å²) in [6.07, 6.45) is 2.62. The SMILES string of the molecule is CCCO.CCCO.CCCO.[Ru]. The van der Waals surface area contributed by atoms with Gasteiger partial charge in [0.15, 0.2) is 0 Å². The molecule has 0 atom stereocenters. The van der Waals surface area contributed by atoms with Crippen LogP contribution in [0.1, 0.15) is 40.0 Å². The molecule has 0 aromatic rings. The van der Waals surface area contributed by atoms with Crippen LogP contribution in [0.4, 0.5) is 0 Å². The van der Waals surface area contributed by atoms with Crippen molar-refractivity contribution in [3.8, 4) is 0 Å². The molecule has 0 unspecified atom stereocenters. The van der Waals surface area contributed by atoms with Crippen LogP contribution in [-0.4, -0.2) is 35.1 Å². The summed E-state index contributed by atoms with van der Waals surface area (Å²) in [6.45, 7) is 6.75. The molecule has 0 aromatic carbocycles. The third-order valence-electron chi connectivity index (χ3n) is 0.671. The molecule has 4 heteroatoms. The Balaban J connectivity index is -0.0000000450. The summed E-state index contributed by atoms with van der Waals surface area (Å²) in [5.74, 6) is 0. The molecule has 0 amide bonds. The van der Waals surface area contributed by atoms with E-state index in [1.54, 1.807) is 0 Å². The van der Waals surface area contributed by atoms with Crippen LogP contribution >= 0.6 is 0 Å². The maximum Gasteiger partial charge on any atom is 0.0428 e. The number of hydrogen-bond donors (Lipinski definition) is 3. The zero-order valence-corrected chi connectivity index (χ0v) is 10.7. The Morgan fingerprint density at radius 3 is 0.692 bits per heavy atom. The Morgan fingerprint density at radius 1 is 0.615 bits per heavy atom. The Morgan fingerprint density at radius 2 is 0.692 bits per heavy atom. The summed E-state index contributed by atoms with van der Waals surface area (Å²) in [4.78, 5) is 0. The molecule has 0 rings (SSSR count). The molecule has 3 N–H and O–H groups in total. The van der Waals surface area contributed by atoms with Crippen molar-refractivity contribution >= 4 is 0 Å². The van der Waals surface area contributed by atoms with E-state index >= 15 is 0 Å². The maximum atomic E-state index is 7.88. The molecule has 13 heavy (non-hydrogen) atoms. The third kappa shape index (κ3) is 112. The van der Waals surface area contributed by atoms with Crippen molar-refractivity contribution in [1.82, 2.24) is 0 Å². The van der Waals surface area contributed by atoms with Gasteiger partial charge in [-0.2, -0.15) is 0 Å². The maximum absolute atomic E-state index is 7.88. The van der Waals surface area contributed by atoms with E-state index in [4.69, 9.17) is 15.3 Å². The molecule has 0 radical (unpaired) electrons. The van der Waals surface area contributed by atoms with Gasteiger partial charge in [0.25, 0.3) is 0 Å². The van der Waals surface area contributed by atoms with Gasteiger partial charge in [0.05, 0.1) is 0 Å². The first-order chi connectivity index (χ1) is 5.74. The van der Waals surface area contributed by atoms with E-state index in [-0.39, 0.29) is 19.5 Å². The second kappa shape index (κ2) is 39.1. The topological polar surface area (TPSA) is 60.7 Å². The Bertz CT molecular complexity index is 30.3. The van der Waals surface area contributed by atoms with Crippen molar-refractivity contribution in [2.24, 2.45) is 0 Å². The molecule has 0 bridgehead atoms. The van der Waals surface area contributed by atoms with Crippen molar-refractivity contribution in [3.05, 3.63) is 0 Å². The van der Waals surface area contributed by atoms with Gasteiger partial charge in [0.1, 0.15) is 0 Å². The second-order valence-electron chi connectivity index (χ2n) is 2.17. The zero-order chi connectivity index (χ0) is 10.2. The van der Waals surface area contributed by atoms with Crippen LogP contribution in [0, 0.1) is 0 Å². The molecule has 86 valence electrons. The summed E-state index contributed by atoms with van der Waals surface area (Å²) < 4.78 is 0. The predicted octanol–water partition coefficient (Wildman–Crippen LogP) is 1.16. The fraction of sp³-hybridized carbons (Fsp3) is 1.00. The Hall–Kier alpha value is 0.503. The van der Waals surface area contributed by atoms with E-state index in [1.165, 1.54) is 0 Å². The quantitative estimate of drug-likeness (QED) is 0.680. The van der Waals surface area contributed by atoms with Gasteiger partial charge < -0.3 is 15.3 Å². The fourth-order valence-electron chi connectivity index (χ4n) is 0. The minimum absolute atomic E-state index is 0. The Kier molecular flexibility index (Phi) is 70.3. The first-order valence-corrected chi connectivity index (χ1v) is 4.57. The van der Waals surface area contributed by atoms with Gasteiger partial charge in [0, 0.05) is 39.3 Å². The molecule has 0 spiro atoms. The summed E-state index contributed by atoms with van der Waals surface area (Å²) >= 11 is 0. The number of aliphatic hydroxyl groups excluding tert-OH is 3. The predicted molar refractivity (Wildman–Crippen MR) is 52.1 cm³/mol. The largest absolute Gasteiger partial charge is 0.396 e. The summed E-state index contributed by atoms with van der Waals surface area (Å²) in [7, 11) is 0. The van der Waals surface area contributed by atoms with E-state index < -0.39 is 0 Å². The van der Waals surface area contributed by atoms with Gasteiger partial charge in [-0.05, 0) is 19.3 Å². The Labute approximate surface area is 94.9 Å². The number of rotatable bonds is 3. The van der Waals surface area contributed by atoms with E-state index in [0.717, 1.165) is 19.3 Å². The molecule has 0 aliphatic heterocycles. The minimum Gasteiger partial charge on any atom is -0.396 e. The van der Waals surface area contributed by atoms with Gasteiger partial charge in [-0.25, -0.2) is 0 Å². The van der Waals surface area contributed by atoms with Crippen molar-refractivity contribution in [2.45, 2.75) is 40.0 Å². The van der Waals surface area contributed by atoms with Crippen molar-refractivity contribution in [3.63, 3.8) is 0 Å². The third-order valence-corrected chi connectivity index (χ3v) is 0.671. The van der Waals surface area contributed by atoms with Crippen molar-refractivity contribution < 1.29 is 34.8 Å². The van der Waals surface area contributed by atoms with E-state index in [0.29, 0.717) is 19.8 Å². The molecule has 0 saturated heterocycles. The van der Waals surface area contributed by atoms with Crippen LogP contribution < -0.4 is 0 Å². The van der Waals surface area contributed by atoms with E-state index in [2.05, 4.69) is 0 Å². The van der Waals surface area contributed by atoms with Crippen molar-refractivity contribution in [2.75, 3.05) is 19.8 Å². The molecule has 3 nitrogen and oxygen atoms in total. The molecule has 0 fully saturated rings. The van der Waals surface area contributed by atoms with Crippen LogP contribution in [0.25, 0.3) is 0 Å². The average molecular weight is 281 g/mol. The molecular formula is C9H24O3Ru. The molecule has 0 aliphatic carbocycles. The smallest absolute Gasteiger partial charge is 0.0428 e. The summed E-state index contributed by atoms with van der Waals surface area (Å²) in [5, 5.41) is 23.6. The van der Waals surface area contributed by atoms with Crippen LogP contribution in [0.15, 0.2) is 0 Å². The molecule has 0 aromatic heterocycles. The van der Waals surface area contributed by atoms with Crippen LogP contribution in [-0.2, 0) is 19.5 Å². The van der Waals surface area contributed by atoms with Crippen LogP contribution in [0.3, 0.4) is 0 Å². The van der Waals surface area contributed by atoms with Crippen molar-refractivity contribution in [1.29, 1.82) is 0 Å². The van der Waals surface area contributed by atoms with Gasteiger partial charge in [-0.1, -0.05) is 20.8 Å². The summed E-state index contributed by atoms with van der Waals surface area (Å²) in [5.41, 5.74) is 0. The summed E-state index contributed by atoms with van der Waals surface area (Å²) in [6, 6.07) is 0. The molecule has 0 saturated carbocycles. The monoisotopic (exact) mass is 282 g/mol. The molecule has 0 aliphatic rings. The van der Waals surface area contributed by atoms with Crippen LogP contribution in [0.5, 0.6) is 0 Å². The van der Waals surface area contributed by atoms with Gasteiger partial charge >= 0.3 is 0 Å². The number of hydrogen-bond acceptors (Lipinski definition) is 3. The van der Waals surface area contributed by atoms with E-state index in [1.807, 2.05) is 20.8 Å². The fourth-order valence-corrected chi connectivity index (χ4v) is 0. The first kappa shape index (κ1) is 23.4. The first-order valence-electron chi connectivity index (χ1n) is 4.57. The average Bonchev–Trinajstić information content (AvgIpc) is 2.18. The standard InChI is InChI=1S/3C3H8O.Ru/c3*1-2-3-4;/h3*4H,2-3H2,1H3;. The normalized spacial score (nSPS) is 6.92. The molecule has 0 heterocycles. The van der Waals surface area contributed by atoms with Gasteiger partial charge in [-0.3, -0.25) is 0 Å². The second-order valence-corrected chi connectivity index (χ2v) is 2.17. The van der Waals surface area contributed by atoms with Crippen LogP contribution in [0.2, 0.25) is 0 Å². The van der Waals surface area contributed by atoms with Gasteiger partial charge in [0.2, 0.25) is 0 Å². The van der Waals surface area contributed by atoms with E-state index in [9.17, 15) is 0 Å². The minimum atomic E-state index is 0. The van der Waals surface area contributed by atoms with Gasteiger partial charge in [-0.15, -0.1) is 0 Å². The zero-order valence-electron chi connectivity index (χ0n) is 8.94. The molecular weight excluding hydrogens is 257 g/mol.